The standard InChI is InChI=1S/C11H9FINO2/c12-8-1-3-9(4-2-8)14-10(15)5-7(6-13)11(14)16/h1-5,15-16H,6H2. The highest BCUT2D eigenvalue weighted by Gasteiger charge is 2.14. The van der Waals surface area contributed by atoms with E-state index in [-0.39, 0.29) is 17.6 Å². The summed E-state index contributed by atoms with van der Waals surface area (Å²) < 4.78 is 14.6. The Labute approximate surface area is 105 Å². The van der Waals surface area contributed by atoms with Gasteiger partial charge in [0.1, 0.15) is 5.82 Å². The molecule has 0 amide bonds. The van der Waals surface area contributed by atoms with Crippen molar-refractivity contribution in [1.82, 2.24) is 4.57 Å². The molecule has 0 radical (unpaired) electrons. The minimum absolute atomic E-state index is 0.0153. The maximum Gasteiger partial charge on any atom is 0.202 e. The first kappa shape index (κ1) is 11.3. The summed E-state index contributed by atoms with van der Waals surface area (Å²) in [5.74, 6) is -0.432. The van der Waals surface area contributed by atoms with Crippen LogP contribution in [0.15, 0.2) is 30.3 Å². The fourth-order valence-corrected chi connectivity index (χ4v) is 2.04. The number of hydrogen-bond acceptors (Lipinski definition) is 2. The number of benzene rings is 1. The molecule has 0 atom stereocenters. The van der Waals surface area contributed by atoms with Crippen LogP contribution < -0.4 is 0 Å². The Balaban J connectivity index is 2.55. The molecule has 0 unspecified atom stereocenters. The molecule has 0 spiro atoms. The van der Waals surface area contributed by atoms with Crippen LogP contribution in [0.25, 0.3) is 5.69 Å². The maximum absolute atomic E-state index is 12.7. The van der Waals surface area contributed by atoms with Crippen LogP contribution in [0.3, 0.4) is 0 Å². The van der Waals surface area contributed by atoms with Crippen molar-refractivity contribution in [3.05, 3.63) is 41.7 Å². The van der Waals surface area contributed by atoms with Crippen LogP contribution in [0.5, 0.6) is 11.8 Å². The van der Waals surface area contributed by atoms with Gasteiger partial charge in [0.05, 0.1) is 5.69 Å². The second-order valence-electron chi connectivity index (χ2n) is 3.30. The van der Waals surface area contributed by atoms with Crippen LogP contribution in [-0.2, 0) is 4.43 Å². The number of halogens is 2. The van der Waals surface area contributed by atoms with Crippen molar-refractivity contribution in [2.24, 2.45) is 0 Å². The molecule has 2 rings (SSSR count). The van der Waals surface area contributed by atoms with E-state index in [4.69, 9.17) is 0 Å². The first-order chi connectivity index (χ1) is 7.63. The van der Waals surface area contributed by atoms with Crippen LogP contribution >= 0.6 is 22.6 Å². The van der Waals surface area contributed by atoms with Crippen LogP contribution in [0, 0.1) is 5.82 Å². The summed E-state index contributed by atoms with van der Waals surface area (Å²) in [6, 6.07) is 7.03. The van der Waals surface area contributed by atoms with E-state index in [9.17, 15) is 14.6 Å². The third-order valence-electron chi connectivity index (χ3n) is 2.26. The van der Waals surface area contributed by atoms with Gasteiger partial charge in [0, 0.05) is 16.1 Å². The van der Waals surface area contributed by atoms with Crippen LogP contribution in [0.4, 0.5) is 4.39 Å². The lowest BCUT2D eigenvalue weighted by Crippen LogP contribution is -1.92. The quantitative estimate of drug-likeness (QED) is 0.656. The summed E-state index contributed by atoms with van der Waals surface area (Å²) in [5, 5.41) is 19.5. The van der Waals surface area contributed by atoms with Crippen molar-refractivity contribution in [1.29, 1.82) is 0 Å². The van der Waals surface area contributed by atoms with E-state index in [2.05, 4.69) is 22.6 Å². The third kappa shape index (κ3) is 1.87. The molecule has 0 aliphatic heterocycles. The average Bonchev–Trinajstić information content (AvgIpc) is 2.56. The summed E-state index contributed by atoms with van der Waals surface area (Å²) >= 11 is 2.09. The van der Waals surface area contributed by atoms with Crippen molar-refractivity contribution in [2.45, 2.75) is 4.43 Å². The molecule has 0 aliphatic rings. The van der Waals surface area contributed by atoms with E-state index in [0.717, 1.165) is 0 Å². The molecule has 0 saturated heterocycles. The average molecular weight is 333 g/mol. The molecule has 2 aromatic rings. The van der Waals surface area contributed by atoms with Gasteiger partial charge in [-0.2, -0.15) is 0 Å². The second-order valence-corrected chi connectivity index (χ2v) is 4.06. The Morgan fingerprint density at radius 2 is 1.81 bits per heavy atom. The number of aromatic hydroxyl groups is 2. The van der Waals surface area contributed by atoms with Crippen molar-refractivity contribution >= 4 is 22.6 Å². The molecule has 5 heteroatoms. The molecule has 2 N–H and O–H groups in total. The lowest BCUT2D eigenvalue weighted by atomic mass is 10.3. The predicted molar refractivity (Wildman–Crippen MR) is 66.8 cm³/mol. The van der Waals surface area contributed by atoms with E-state index in [1.165, 1.54) is 34.9 Å². The molecule has 0 saturated carbocycles. The van der Waals surface area contributed by atoms with E-state index in [0.29, 0.717) is 15.7 Å². The summed E-state index contributed by atoms with van der Waals surface area (Å²) in [6.07, 6.45) is 0. The minimum Gasteiger partial charge on any atom is -0.494 e. The summed E-state index contributed by atoms with van der Waals surface area (Å²) in [7, 11) is 0. The molecule has 0 aliphatic carbocycles. The molecule has 0 fully saturated rings. The lowest BCUT2D eigenvalue weighted by Gasteiger charge is -2.06. The minimum atomic E-state index is -0.357. The topological polar surface area (TPSA) is 45.4 Å². The SMILES string of the molecule is Oc1cc(CI)c(O)n1-c1ccc(F)cc1. The first-order valence-corrected chi connectivity index (χ1v) is 6.10. The number of aromatic nitrogens is 1. The van der Waals surface area contributed by atoms with Gasteiger partial charge in [-0.25, -0.2) is 4.39 Å². The molecule has 1 aromatic carbocycles. The zero-order valence-corrected chi connectivity index (χ0v) is 10.3. The summed E-state index contributed by atoms with van der Waals surface area (Å²) in [4.78, 5) is 0. The monoisotopic (exact) mass is 333 g/mol. The van der Waals surface area contributed by atoms with Gasteiger partial charge >= 0.3 is 0 Å². The number of nitrogens with zero attached hydrogens (tertiary/aromatic N) is 1. The van der Waals surface area contributed by atoms with Crippen LogP contribution in [0.1, 0.15) is 5.56 Å². The second kappa shape index (κ2) is 4.32. The number of alkyl halides is 1. The number of hydrogen-bond donors (Lipinski definition) is 2. The van der Waals surface area contributed by atoms with Gasteiger partial charge in [-0.1, -0.05) is 22.6 Å². The smallest absolute Gasteiger partial charge is 0.202 e. The Morgan fingerprint density at radius 1 is 1.19 bits per heavy atom. The van der Waals surface area contributed by atoms with Crippen molar-refractivity contribution in [3.8, 4) is 17.4 Å². The predicted octanol–water partition coefficient (Wildman–Crippen LogP) is 2.96. The highest BCUT2D eigenvalue weighted by Crippen LogP contribution is 2.32. The summed E-state index contributed by atoms with van der Waals surface area (Å²) in [5.41, 5.74) is 1.16. The van der Waals surface area contributed by atoms with E-state index in [1.54, 1.807) is 0 Å². The van der Waals surface area contributed by atoms with Gasteiger partial charge in [0.25, 0.3) is 0 Å². The Hall–Kier alpha value is -1.24. The Morgan fingerprint density at radius 3 is 2.31 bits per heavy atom. The van der Waals surface area contributed by atoms with Crippen molar-refractivity contribution in [2.75, 3.05) is 0 Å². The van der Waals surface area contributed by atoms with Gasteiger partial charge < -0.3 is 10.2 Å². The first-order valence-electron chi connectivity index (χ1n) is 4.58. The Kier molecular flexibility index (Phi) is 3.04. The van der Waals surface area contributed by atoms with Gasteiger partial charge in [0.2, 0.25) is 5.88 Å². The van der Waals surface area contributed by atoms with Gasteiger partial charge in [-0.3, -0.25) is 4.57 Å². The summed E-state index contributed by atoms with van der Waals surface area (Å²) in [6.45, 7) is 0. The molecule has 16 heavy (non-hydrogen) atoms. The normalized spacial score (nSPS) is 10.6. The van der Waals surface area contributed by atoms with Gasteiger partial charge in [-0.15, -0.1) is 0 Å². The molecule has 0 bridgehead atoms. The fraction of sp³-hybridized carbons (Fsp3) is 0.0909. The van der Waals surface area contributed by atoms with Crippen LogP contribution in [-0.4, -0.2) is 14.8 Å². The molecular weight excluding hydrogens is 324 g/mol. The van der Waals surface area contributed by atoms with Crippen molar-refractivity contribution < 1.29 is 14.6 Å². The van der Waals surface area contributed by atoms with Crippen molar-refractivity contribution in [3.63, 3.8) is 0 Å². The highest BCUT2D eigenvalue weighted by molar-refractivity contribution is 14.1. The molecule has 84 valence electrons. The van der Waals surface area contributed by atoms with Gasteiger partial charge in [-0.05, 0) is 24.3 Å². The highest BCUT2D eigenvalue weighted by atomic mass is 127. The van der Waals surface area contributed by atoms with E-state index < -0.39 is 0 Å². The van der Waals surface area contributed by atoms with E-state index >= 15 is 0 Å². The molecular formula is C11H9FINO2. The molecule has 3 nitrogen and oxygen atoms in total. The Bertz CT molecular complexity index is 507. The van der Waals surface area contributed by atoms with Gasteiger partial charge in [0.15, 0.2) is 5.88 Å². The third-order valence-corrected chi connectivity index (χ3v) is 3.08. The van der Waals surface area contributed by atoms with E-state index in [1.807, 2.05) is 0 Å². The fourth-order valence-electron chi connectivity index (χ4n) is 1.48. The molecule has 1 heterocycles. The zero-order chi connectivity index (χ0) is 11.7. The lowest BCUT2D eigenvalue weighted by molar-refractivity contribution is 0.401. The molecule has 1 aromatic heterocycles. The maximum atomic E-state index is 12.7. The zero-order valence-electron chi connectivity index (χ0n) is 8.19. The number of rotatable bonds is 2. The van der Waals surface area contributed by atoms with Crippen LogP contribution in [0.2, 0.25) is 0 Å². The largest absolute Gasteiger partial charge is 0.494 e.